The second-order valence-corrected chi connectivity index (χ2v) is 6.00. The van der Waals surface area contributed by atoms with Gasteiger partial charge < -0.3 is 14.8 Å². The van der Waals surface area contributed by atoms with Gasteiger partial charge in [0.25, 0.3) is 5.91 Å². The highest BCUT2D eigenvalue weighted by Gasteiger charge is 2.24. The molecule has 1 aliphatic heterocycles. The molecule has 2 aromatic rings. The molecule has 7 nitrogen and oxygen atoms in total. The Morgan fingerprint density at radius 3 is 2.70 bits per heavy atom. The van der Waals surface area contributed by atoms with Crippen LogP contribution in [-0.4, -0.2) is 50.4 Å². The van der Waals surface area contributed by atoms with Crippen molar-refractivity contribution in [1.29, 1.82) is 0 Å². The minimum absolute atomic E-state index is 0.0232. The maximum Gasteiger partial charge on any atom is 0.253 e. The summed E-state index contributed by atoms with van der Waals surface area (Å²) in [5.74, 6) is -0.326. The van der Waals surface area contributed by atoms with Gasteiger partial charge in [-0.3, -0.25) is 9.59 Å². The van der Waals surface area contributed by atoms with E-state index in [0.29, 0.717) is 11.1 Å². The van der Waals surface area contributed by atoms with Crippen LogP contribution in [-0.2, 0) is 11.8 Å². The van der Waals surface area contributed by atoms with Gasteiger partial charge >= 0.3 is 0 Å². The van der Waals surface area contributed by atoms with Gasteiger partial charge in [-0.25, -0.2) is 9.97 Å². The first-order chi connectivity index (χ1) is 11.1. The number of rotatable bonds is 3. The van der Waals surface area contributed by atoms with Gasteiger partial charge in [0.05, 0.1) is 11.9 Å². The molecule has 2 aromatic heterocycles. The quantitative estimate of drug-likeness (QED) is 0.920. The van der Waals surface area contributed by atoms with E-state index in [1.165, 1.54) is 12.6 Å². The Morgan fingerprint density at radius 1 is 1.22 bits per heavy atom. The van der Waals surface area contributed by atoms with Gasteiger partial charge in [0, 0.05) is 26.3 Å². The lowest BCUT2D eigenvalue weighted by Gasteiger charge is -2.29. The number of hydrogen-bond donors (Lipinski definition) is 1. The number of imidazole rings is 1. The number of carbonyl (C=O) groups is 2. The number of hydrogen-bond acceptors (Lipinski definition) is 4. The molecule has 7 heteroatoms. The van der Waals surface area contributed by atoms with E-state index < -0.39 is 6.04 Å². The van der Waals surface area contributed by atoms with Crippen LogP contribution in [0.25, 0.3) is 11.2 Å². The summed E-state index contributed by atoms with van der Waals surface area (Å²) < 4.78 is 1.79. The van der Waals surface area contributed by atoms with Crippen molar-refractivity contribution >= 4 is 23.0 Å². The van der Waals surface area contributed by atoms with E-state index in [2.05, 4.69) is 15.3 Å². The number of nitrogens with zero attached hydrogens (tertiary/aromatic N) is 4. The second kappa shape index (κ2) is 6.36. The van der Waals surface area contributed by atoms with Gasteiger partial charge in [0.15, 0.2) is 5.65 Å². The Kier molecular flexibility index (Phi) is 4.27. The standard InChI is InChI=1S/C16H21N5O2/c1-11(16(23)21-6-4-3-5-7-21)19-15(22)12-8-13-14(17-9-12)20(2)10-18-13/h8-11H,3-7H2,1-2H3,(H,19,22)/t11-/m0/s1. The Labute approximate surface area is 134 Å². The average Bonchev–Trinajstić information content (AvgIpc) is 2.95. The number of piperidine rings is 1. The third-order valence-electron chi connectivity index (χ3n) is 4.20. The van der Waals surface area contributed by atoms with Crippen molar-refractivity contribution in [2.45, 2.75) is 32.2 Å². The molecule has 0 radical (unpaired) electrons. The second-order valence-electron chi connectivity index (χ2n) is 6.00. The summed E-state index contributed by atoms with van der Waals surface area (Å²) in [7, 11) is 1.85. The highest BCUT2D eigenvalue weighted by atomic mass is 16.2. The minimum Gasteiger partial charge on any atom is -0.341 e. The first-order valence-corrected chi connectivity index (χ1v) is 7.93. The molecule has 0 aromatic carbocycles. The highest BCUT2D eigenvalue weighted by Crippen LogP contribution is 2.12. The van der Waals surface area contributed by atoms with Crippen LogP contribution in [0, 0.1) is 0 Å². The number of aryl methyl sites for hydroxylation is 1. The smallest absolute Gasteiger partial charge is 0.253 e. The molecule has 1 atom stereocenters. The zero-order valence-corrected chi connectivity index (χ0v) is 13.5. The number of pyridine rings is 1. The Morgan fingerprint density at radius 2 is 1.96 bits per heavy atom. The number of amides is 2. The summed E-state index contributed by atoms with van der Waals surface area (Å²) in [4.78, 5) is 35.0. The van der Waals surface area contributed by atoms with Crippen molar-refractivity contribution in [3.05, 3.63) is 24.2 Å². The zero-order chi connectivity index (χ0) is 16.4. The van der Waals surface area contributed by atoms with E-state index in [4.69, 9.17) is 0 Å². The molecule has 0 aliphatic carbocycles. The molecular weight excluding hydrogens is 294 g/mol. The van der Waals surface area contributed by atoms with Crippen LogP contribution in [0.2, 0.25) is 0 Å². The first-order valence-electron chi connectivity index (χ1n) is 7.93. The van der Waals surface area contributed by atoms with Crippen LogP contribution < -0.4 is 5.32 Å². The maximum atomic E-state index is 12.4. The van der Waals surface area contributed by atoms with E-state index in [-0.39, 0.29) is 11.8 Å². The van der Waals surface area contributed by atoms with Crippen LogP contribution in [0.5, 0.6) is 0 Å². The number of likely N-dealkylation sites (tertiary alicyclic amines) is 1. The van der Waals surface area contributed by atoms with Crippen molar-refractivity contribution in [2.75, 3.05) is 13.1 Å². The molecule has 0 bridgehead atoms. The van der Waals surface area contributed by atoms with Gasteiger partial charge in [-0.05, 0) is 32.3 Å². The minimum atomic E-state index is -0.542. The monoisotopic (exact) mass is 315 g/mol. The van der Waals surface area contributed by atoms with Crippen molar-refractivity contribution in [1.82, 2.24) is 24.8 Å². The molecule has 1 fully saturated rings. The van der Waals surface area contributed by atoms with E-state index in [9.17, 15) is 9.59 Å². The van der Waals surface area contributed by atoms with Crippen LogP contribution in [0.15, 0.2) is 18.6 Å². The number of nitrogens with one attached hydrogen (secondary N) is 1. The van der Waals surface area contributed by atoms with Gasteiger partial charge in [-0.15, -0.1) is 0 Å². The molecule has 2 amide bonds. The molecule has 1 saturated heterocycles. The summed E-state index contributed by atoms with van der Waals surface area (Å²) >= 11 is 0. The summed E-state index contributed by atoms with van der Waals surface area (Å²) in [6.07, 6.45) is 6.40. The van der Waals surface area contributed by atoms with Gasteiger partial charge in [0.2, 0.25) is 5.91 Å². The summed E-state index contributed by atoms with van der Waals surface area (Å²) in [6, 6.07) is 1.15. The third kappa shape index (κ3) is 3.18. The van der Waals surface area contributed by atoms with E-state index in [1.807, 2.05) is 11.9 Å². The fraction of sp³-hybridized carbons (Fsp3) is 0.500. The topological polar surface area (TPSA) is 80.1 Å². The van der Waals surface area contributed by atoms with Crippen molar-refractivity contribution < 1.29 is 9.59 Å². The molecule has 3 rings (SSSR count). The van der Waals surface area contributed by atoms with E-state index in [1.54, 1.807) is 23.9 Å². The summed E-state index contributed by atoms with van der Waals surface area (Å²) in [6.45, 7) is 3.28. The Balaban J connectivity index is 1.68. The highest BCUT2D eigenvalue weighted by molar-refractivity contribution is 5.98. The molecule has 0 spiro atoms. The van der Waals surface area contributed by atoms with E-state index >= 15 is 0 Å². The van der Waals surface area contributed by atoms with Crippen LogP contribution in [0.1, 0.15) is 36.5 Å². The molecule has 23 heavy (non-hydrogen) atoms. The molecule has 0 saturated carbocycles. The van der Waals surface area contributed by atoms with Crippen molar-refractivity contribution in [3.63, 3.8) is 0 Å². The largest absolute Gasteiger partial charge is 0.341 e. The van der Waals surface area contributed by atoms with Crippen LogP contribution >= 0.6 is 0 Å². The van der Waals surface area contributed by atoms with Gasteiger partial charge in [-0.1, -0.05) is 0 Å². The Bertz CT molecular complexity index is 733. The predicted octanol–water partition coefficient (Wildman–Crippen LogP) is 1.10. The summed E-state index contributed by atoms with van der Waals surface area (Å²) in [5, 5.41) is 2.76. The van der Waals surface area contributed by atoms with Gasteiger partial charge in [-0.2, -0.15) is 0 Å². The number of aromatic nitrogens is 3. The molecular formula is C16H21N5O2. The molecule has 1 aliphatic rings. The molecule has 0 unspecified atom stereocenters. The number of fused-ring (bicyclic) bond motifs is 1. The lowest BCUT2D eigenvalue weighted by atomic mass is 10.1. The first kappa shape index (κ1) is 15.5. The van der Waals surface area contributed by atoms with Crippen molar-refractivity contribution in [2.24, 2.45) is 7.05 Å². The third-order valence-corrected chi connectivity index (χ3v) is 4.20. The van der Waals surface area contributed by atoms with Crippen LogP contribution in [0.4, 0.5) is 0 Å². The fourth-order valence-electron chi connectivity index (χ4n) is 2.87. The molecule has 3 heterocycles. The lowest BCUT2D eigenvalue weighted by Crippen LogP contribution is -2.48. The fourth-order valence-corrected chi connectivity index (χ4v) is 2.87. The molecule has 1 N–H and O–H groups in total. The van der Waals surface area contributed by atoms with Gasteiger partial charge in [0.1, 0.15) is 11.6 Å². The zero-order valence-electron chi connectivity index (χ0n) is 13.5. The predicted molar refractivity (Wildman–Crippen MR) is 85.9 cm³/mol. The van der Waals surface area contributed by atoms with Crippen molar-refractivity contribution in [3.8, 4) is 0 Å². The lowest BCUT2D eigenvalue weighted by molar-refractivity contribution is -0.133. The van der Waals surface area contributed by atoms with E-state index in [0.717, 1.165) is 31.6 Å². The normalized spacial score (nSPS) is 16.3. The maximum absolute atomic E-state index is 12.4. The summed E-state index contributed by atoms with van der Waals surface area (Å²) in [5.41, 5.74) is 1.80. The SMILES string of the molecule is C[C@H](NC(=O)c1cnc2c(c1)ncn2C)C(=O)N1CCCCC1. The average molecular weight is 315 g/mol. The molecule has 122 valence electrons. The van der Waals surface area contributed by atoms with Crippen LogP contribution in [0.3, 0.4) is 0 Å². The number of carbonyl (C=O) groups excluding carboxylic acids is 2. The Hall–Kier alpha value is -2.44.